The van der Waals surface area contributed by atoms with Gasteiger partial charge in [-0.2, -0.15) is 0 Å². The number of rotatable bonds is 6. The summed E-state index contributed by atoms with van der Waals surface area (Å²) in [7, 11) is 0. The third-order valence-corrected chi connectivity index (χ3v) is 5.13. The molecule has 0 aliphatic heterocycles. The molecule has 1 heterocycles. The number of hydrogen-bond acceptors (Lipinski definition) is 5. The predicted molar refractivity (Wildman–Crippen MR) is 92.3 cm³/mol. The number of aryl methyl sites for hydroxylation is 2. The summed E-state index contributed by atoms with van der Waals surface area (Å²) in [5, 5.41) is 12.8. The highest BCUT2D eigenvalue weighted by Crippen LogP contribution is 2.23. The van der Waals surface area contributed by atoms with Crippen molar-refractivity contribution in [1.29, 1.82) is 0 Å². The molecule has 1 aromatic carbocycles. The largest absolute Gasteiger partial charge is 0.481 e. The predicted octanol–water partition coefficient (Wildman–Crippen LogP) is 3.43. The molecule has 122 valence electrons. The fourth-order valence-electron chi connectivity index (χ4n) is 2.23. The summed E-state index contributed by atoms with van der Waals surface area (Å²) >= 11 is 2.92. The van der Waals surface area contributed by atoms with Crippen molar-refractivity contribution in [3.63, 3.8) is 0 Å². The molecule has 0 bridgehead atoms. The first-order chi connectivity index (χ1) is 10.9. The first-order valence-corrected chi connectivity index (χ1v) is 9.05. The number of hydrogen-bond donors (Lipinski definition) is 2. The van der Waals surface area contributed by atoms with Crippen LogP contribution < -0.4 is 5.32 Å². The molecule has 1 aromatic heterocycles. The molecule has 1 atom stereocenters. The van der Waals surface area contributed by atoms with Crippen molar-refractivity contribution in [3.8, 4) is 0 Å². The van der Waals surface area contributed by atoms with Crippen LogP contribution in [-0.4, -0.2) is 28.2 Å². The van der Waals surface area contributed by atoms with Gasteiger partial charge >= 0.3 is 5.97 Å². The normalized spacial score (nSPS) is 12.0. The van der Waals surface area contributed by atoms with E-state index < -0.39 is 12.0 Å². The Balaban J connectivity index is 2.22. The fourth-order valence-corrected chi connectivity index (χ4v) is 3.46. The van der Waals surface area contributed by atoms with E-state index in [1.54, 1.807) is 18.7 Å². The number of amides is 1. The molecule has 1 unspecified atom stereocenters. The van der Waals surface area contributed by atoms with E-state index in [-0.39, 0.29) is 12.3 Å². The Morgan fingerprint density at radius 2 is 1.96 bits per heavy atom. The summed E-state index contributed by atoms with van der Waals surface area (Å²) in [5.74, 6) is -1.24. The van der Waals surface area contributed by atoms with Crippen LogP contribution in [0.3, 0.4) is 0 Å². The molecule has 5 nitrogen and oxygen atoms in total. The molecule has 0 saturated heterocycles. The number of carboxylic acids is 1. The molecule has 23 heavy (non-hydrogen) atoms. The number of carbonyl (C=O) groups excluding carboxylic acids is 1. The van der Waals surface area contributed by atoms with Gasteiger partial charge in [0.1, 0.15) is 4.88 Å². The summed E-state index contributed by atoms with van der Waals surface area (Å²) in [5.41, 5.74) is 1.44. The van der Waals surface area contributed by atoms with Crippen LogP contribution in [0.4, 0.5) is 0 Å². The van der Waals surface area contributed by atoms with Crippen LogP contribution >= 0.6 is 23.1 Å². The number of nitrogens with one attached hydrogen (secondary N) is 1. The SMILES string of the molecule is CSc1ccc(C(CC(=O)O)NC(=O)c2sc(C)nc2C)cc1. The van der Waals surface area contributed by atoms with Crippen LogP contribution in [0, 0.1) is 13.8 Å². The highest BCUT2D eigenvalue weighted by atomic mass is 32.2. The number of thiazole rings is 1. The number of aliphatic carboxylic acids is 1. The molecule has 1 amide bonds. The lowest BCUT2D eigenvalue weighted by Gasteiger charge is -2.17. The summed E-state index contributed by atoms with van der Waals surface area (Å²) in [6.45, 7) is 3.61. The van der Waals surface area contributed by atoms with E-state index in [1.165, 1.54) is 11.3 Å². The highest BCUT2D eigenvalue weighted by Gasteiger charge is 2.21. The van der Waals surface area contributed by atoms with Gasteiger partial charge in [0.15, 0.2) is 0 Å². The highest BCUT2D eigenvalue weighted by molar-refractivity contribution is 7.98. The summed E-state index contributed by atoms with van der Waals surface area (Å²) in [6, 6.07) is 6.97. The molecule has 2 aromatic rings. The van der Waals surface area contributed by atoms with Gasteiger partial charge in [-0.15, -0.1) is 23.1 Å². The van der Waals surface area contributed by atoms with E-state index in [1.807, 2.05) is 37.4 Å². The molecule has 0 fully saturated rings. The zero-order valence-corrected chi connectivity index (χ0v) is 14.8. The van der Waals surface area contributed by atoms with Crippen molar-refractivity contribution in [2.24, 2.45) is 0 Å². The van der Waals surface area contributed by atoms with Crippen molar-refractivity contribution in [3.05, 3.63) is 45.4 Å². The van der Waals surface area contributed by atoms with Crippen LogP contribution in [0.2, 0.25) is 0 Å². The van der Waals surface area contributed by atoms with Gasteiger partial charge in [0, 0.05) is 4.90 Å². The van der Waals surface area contributed by atoms with Gasteiger partial charge in [0.05, 0.1) is 23.2 Å². The van der Waals surface area contributed by atoms with Crippen molar-refractivity contribution >= 4 is 35.0 Å². The standard InChI is InChI=1S/C16H18N2O3S2/c1-9-15(23-10(2)17-9)16(21)18-13(8-14(19)20)11-4-6-12(22-3)7-5-11/h4-7,13H,8H2,1-3H3,(H,18,21)(H,19,20). The third kappa shape index (κ3) is 4.56. The van der Waals surface area contributed by atoms with Gasteiger partial charge in [0.25, 0.3) is 5.91 Å². The van der Waals surface area contributed by atoms with Crippen LogP contribution in [0.1, 0.15) is 38.4 Å². The Hall–Kier alpha value is -1.86. The maximum absolute atomic E-state index is 12.4. The van der Waals surface area contributed by atoms with Gasteiger partial charge in [-0.3, -0.25) is 9.59 Å². The quantitative estimate of drug-likeness (QED) is 0.780. The number of thioether (sulfide) groups is 1. The first-order valence-electron chi connectivity index (χ1n) is 7.01. The Morgan fingerprint density at radius 1 is 1.30 bits per heavy atom. The second-order valence-corrected chi connectivity index (χ2v) is 7.13. The van der Waals surface area contributed by atoms with E-state index in [0.29, 0.717) is 10.6 Å². The van der Waals surface area contributed by atoms with Crippen molar-refractivity contribution < 1.29 is 14.7 Å². The zero-order valence-electron chi connectivity index (χ0n) is 13.1. The van der Waals surface area contributed by atoms with Crippen LogP contribution in [0.25, 0.3) is 0 Å². The number of nitrogens with zero attached hydrogens (tertiary/aromatic N) is 1. The van der Waals surface area contributed by atoms with Gasteiger partial charge in [-0.1, -0.05) is 12.1 Å². The monoisotopic (exact) mass is 350 g/mol. The molecular formula is C16H18N2O3S2. The number of carboxylic acid groups (broad SMARTS) is 1. The lowest BCUT2D eigenvalue weighted by atomic mass is 10.0. The summed E-state index contributed by atoms with van der Waals surface area (Å²) in [4.78, 5) is 29.4. The van der Waals surface area contributed by atoms with Gasteiger partial charge in [0.2, 0.25) is 0 Å². The van der Waals surface area contributed by atoms with E-state index in [4.69, 9.17) is 5.11 Å². The van der Waals surface area contributed by atoms with E-state index >= 15 is 0 Å². The average Bonchev–Trinajstić information content (AvgIpc) is 2.85. The van der Waals surface area contributed by atoms with E-state index in [9.17, 15) is 9.59 Å². The van der Waals surface area contributed by atoms with E-state index in [0.717, 1.165) is 15.5 Å². The molecule has 7 heteroatoms. The molecule has 2 N–H and O–H groups in total. The smallest absolute Gasteiger partial charge is 0.305 e. The molecule has 0 saturated carbocycles. The molecule has 2 rings (SSSR count). The molecule has 0 radical (unpaired) electrons. The third-order valence-electron chi connectivity index (χ3n) is 3.31. The molecule has 0 spiro atoms. The number of benzene rings is 1. The maximum atomic E-state index is 12.4. The lowest BCUT2D eigenvalue weighted by molar-refractivity contribution is -0.137. The van der Waals surface area contributed by atoms with E-state index in [2.05, 4.69) is 10.3 Å². The molecule has 0 aliphatic rings. The van der Waals surface area contributed by atoms with Crippen LogP contribution in [-0.2, 0) is 4.79 Å². The average molecular weight is 350 g/mol. The topological polar surface area (TPSA) is 79.3 Å². The zero-order chi connectivity index (χ0) is 17.0. The summed E-state index contributed by atoms with van der Waals surface area (Å²) in [6.07, 6.45) is 1.81. The first kappa shape index (κ1) is 17.5. The minimum absolute atomic E-state index is 0.165. The minimum atomic E-state index is -0.957. The second kappa shape index (κ2) is 7.61. The lowest BCUT2D eigenvalue weighted by Crippen LogP contribution is -2.30. The number of carbonyl (C=O) groups is 2. The molecular weight excluding hydrogens is 332 g/mol. The van der Waals surface area contributed by atoms with Gasteiger partial charge in [-0.25, -0.2) is 4.98 Å². The Bertz CT molecular complexity index is 711. The minimum Gasteiger partial charge on any atom is -0.481 e. The van der Waals surface area contributed by atoms with Crippen LogP contribution in [0.5, 0.6) is 0 Å². The second-order valence-electron chi connectivity index (χ2n) is 5.04. The van der Waals surface area contributed by atoms with Crippen molar-refractivity contribution in [2.75, 3.05) is 6.26 Å². The Morgan fingerprint density at radius 3 is 2.43 bits per heavy atom. The van der Waals surface area contributed by atoms with Crippen LogP contribution in [0.15, 0.2) is 29.2 Å². The van der Waals surface area contributed by atoms with Crippen molar-refractivity contribution in [2.45, 2.75) is 31.2 Å². The Labute approximate surface area is 143 Å². The van der Waals surface area contributed by atoms with Gasteiger partial charge < -0.3 is 10.4 Å². The van der Waals surface area contributed by atoms with Gasteiger partial charge in [-0.05, 0) is 37.8 Å². The van der Waals surface area contributed by atoms with Crippen molar-refractivity contribution in [1.82, 2.24) is 10.3 Å². The fraction of sp³-hybridized carbons (Fsp3) is 0.312. The Kier molecular flexibility index (Phi) is 5.79. The molecule has 0 aliphatic carbocycles. The number of aromatic nitrogens is 1. The maximum Gasteiger partial charge on any atom is 0.305 e. The summed E-state index contributed by atoms with van der Waals surface area (Å²) < 4.78 is 0.